The molecule has 2 nitrogen and oxygen atoms in total. The van der Waals surface area contributed by atoms with E-state index in [1.165, 1.54) is 18.4 Å². The number of allylic oxidation sites excluding steroid dienone is 1. The molecular formula is C16H20N2S. The zero-order chi connectivity index (χ0) is 13.1. The molecule has 1 aromatic carbocycles. The Morgan fingerprint density at radius 1 is 1.16 bits per heavy atom. The van der Waals surface area contributed by atoms with Crippen molar-refractivity contribution in [2.45, 2.75) is 25.3 Å². The highest BCUT2D eigenvalue weighted by Crippen LogP contribution is 2.38. The summed E-state index contributed by atoms with van der Waals surface area (Å²) in [5.74, 6) is 1.48. The second-order valence-corrected chi connectivity index (χ2v) is 5.93. The van der Waals surface area contributed by atoms with Crippen LogP contribution in [0.1, 0.15) is 18.4 Å². The highest BCUT2D eigenvalue weighted by atomic mass is 32.1. The third-order valence-electron chi connectivity index (χ3n) is 4.14. The molecule has 0 amide bonds. The van der Waals surface area contributed by atoms with Crippen molar-refractivity contribution in [3.05, 3.63) is 48.0 Å². The van der Waals surface area contributed by atoms with E-state index in [0.717, 1.165) is 24.0 Å². The molecule has 3 heteroatoms. The van der Waals surface area contributed by atoms with Gasteiger partial charge in [0.2, 0.25) is 0 Å². The lowest BCUT2D eigenvalue weighted by atomic mass is 10.0. The summed E-state index contributed by atoms with van der Waals surface area (Å²) in [6, 6.07) is 11.1. The zero-order valence-electron chi connectivity index (χ0n) is 11.0. The minimum atomic E-state index is 0.548. The Kier molecular flexibility index (Phi) is 3.83. The van der Waals surface area contributed by atoms with Crippen LogP contribution in [-0.2, 0) is 6.42 Å². The van der Waals surface area contributed by atoms with Crippen LogP contribution in [0.4, 0.5) is 0 Å². The largest absolute Gasteiger partial charge is 0.362 e. The fourth-order valence-corrected chi connectivity index (χ4v) is 3.38. The summed E-state index contributed by atoms with van der Waals surface area (Å²) in [6.45, 7) is 0.895. The van der Waals surface area contributed by atoms with Gasteiger partial charge < -0.3 is 10.6 Å². The molecule has 0 spiro atoms. The highest BCUT2D eigenvalue weighted by molar-refractivity contribution is 7.80. The first-order chi connectivity index (χ1) is 9.31. The molecule has 1 fully saturated rings. The van der Waals surface area contributed by atoms with E-state index in [4.69, 9.17) is 12.2 Å². The standard InChI is InChI=1S/C16H20N2S/c19-16(17-9-8-12-4-2-1-3-5-12)18-15-11-13-6-7-14(15)10-13/h1-7,13-15H,8-11H2,(H2,17,18,19)/t13-,14-,15+/m0/s1. The van der Waals surface area contributed by atoms with Gasteiger partial charge in [-0.2, -0.15) is 0 Å². The van der Waals surface area contributed by atoms with Crippen LogP contribution < -0.4 is 10.6 Å². The Hall–Kier alpha value is -1.35. The van der Waals surface area contributed by atoms with Crippen LogP contribution in [0.25, 0.3) is 0 Å². The summed E-state index contributed by atoms with van der Waals surface area (Å²) >= 11 is 5.38. The maximum atomic E-state index is 5.38. The Bertz CT molecular complexity index is 469. The Morgan fingerprint density at radius 2 is 2.00 bits per heavy atom. The molecule has 2 bridgehead atoms. The fourth-order valence-electron chi connectivity index (χ4n) is 3.13. The van der Waals surface area contributed by atoms with Crippen molar-refractivity contribution >= 4 is 17.3 Å². The van der Waals surface area contributed by atoms with Crippen molar-refractivity contribution in [1.29, 1.82) is 0 Å². The molecule has 0 heterocycles. The first kappa shape index (κ1) is 12.7. The third-order valence-corrected chi connectivity index (χ3v) is 4.40. The summed E-state index contributed by atoms with van der Waals surface area (Å²) in [5.41, 5.74) is 1.35. The first-order valence-electron chi connectivity index (χ1n) is 7.08. The average molecular weight is 272 g/mol. The van der Waals surface area contributed by atoms with Gasteiger partial charge in [-0.3, -0.25) is 0 Å². The van der Waals surface area contributed by atoms with E-state index in [1.54, 1.807) is 0 Å². The Morgan fingerprint density at radius 3 is 2.68 bits per heavy atom. The van der Waals surface area contributed by atoms with Crippen LogP contribution in [0, 0.1) is 11.8 Å². The van der Waals surface area contributed by atoms with Crippen LogP contribution in [0.15, 0.2) is 42.5 Å². The van der Waals surface area contributed by atoms with E-state index in [2.05, 4.69) is 47.1 Å². The molecule has 1 saturated carbocycles. The molecule has 3 atom stereocenters. The van der Waals surface area contributed by atoms with Crippen molar-refractivity contribution in [1.82, 2.24) is 10.6 Å². The predicted octanol–water partition coefficient (Wildman–Crippen LogP) is 2.66. The van der Waals surface area contributed by atoms with E-state index < -0.39 is 0 Å². The molecule has 0 saturated heterocycles. The Labute approximate surface area is 120 Å². The molecule has 1 aromatic rings. The van der Waals surface area contributed by atoms with Gasteiger partial charge in [0.05, 0.1) is 0 Å². The Balaban J connectivity index is 1.39. The second-order valence-electron chi connectivity index (χ2n) is 5.52. The van der Waals surface area contributed by atoms with E-state index in [9.17, 15) is 0 Å². The maximum absolute atomic E-state index is 5.38. The molecule has 0 unspecified atom stereocenters. The van der Waals surface area contributed by atoms with Crippen molar-refractivity contribution in [3.63, 3.8) is 0 Å². The zero-order valence-corrected chi connectivity index (χ0v) is 11.8. The maximum Gasteiger partial charge on any atom is 0.166 e. The van der Waals surface area contributed by atoms with Crippen molar-refractivity contribution < 1.29 is 0 Å². The van der Waals surface area contributed by atoms with E-state index in [-0.39, 0.29) is 0 Å². The number of rotatable bonds is 4. The molecule has 3 rings (SSSR count). The fraction of sp³-hybridized carbons (Fsp3) is 0.438. The predicted molar refractivity (Wildman–Crippen MR) is 83.0 cm³/mol. The van der Waals surface area contributed by atoms with Crippen molar-refractivity contribution in [2.24, 2.45) is 11.8 Å². The molecule has 0 aromatic heterocycles. The van der Waals surface area contributed by atoms with Gasteiger partial charge in [-0.05, 0) is 48.9 Å². The topological polar surface area (TPSA) is 24.1 Å². The van der Waals surface area contributed by atoms with Crippen LogP contribution in [0.5, 0.6) is 0 Å². The minimum Gasteiger partial charge on any atom is -0.362 e. The monoisotopic (exact) mass is 272 g/mol. The van der Waals surface area contributed by atoms with E-state index in [1.807, 2.05) is 6.07 Å². The van der Waals surface area contributed by atoms with Gasteiger partial charge in [-0.1, -0.05) is 42.5 Å². The van der Waals surface area contributed by atoms with Gasteiger partial charge in [-0.15, -0.1) is 0 Å². The number of hydrogen-bond acceptors (Lipinski definition) is 1. The third kappa shape index (κ3) is 3.16. The van der Waals surface area contributed by atoms with Gasteiger partial charge >= 0.3 is 0 Å². The summed E-state index contributed by atoms with van der Waals surface area (Å²) in [7, 11) is 0. The quantitative estimate of drug-likeness (QED) is 0.651. The second kappa shape index (κ2) is 5.74. The van der Waals surface area contributed by atoms with Gasteiger partial charge in [0.1, 0.15) is 0 Å². The molecule has 2 N–H and O–H groups in total. The molecule has 2 aliphatic carbocycles. The number of thiocarbonyl (C=S) groups is 1. The minimum absolute atomic E-state index is 0.548. The summed E-state index contributed by atoms with van der Waals surface area (Å²) < 4.78 is 0. The SMILES string of the molecule is S=C(NCCc1ccccc1)N[C@@H]1C[C@H]2C=C[C@H]1C2. The van der Waals surface area contributed by atoms with Crippen molar-refractivity contribution in [2.75, 3.05) is 6.54 Å². The molecule has 0 aliphatic heterocycles. The molecule has 0 radical (unpaired) electrons. The summed E-state index contributed by atoms with van der Waals surface area (Å²) in [4.78, 5) is 0. The lowest BCUT2D eigenvalue weighted by Crippen LogP contribution is -2.44. The highest BCUT2D eigenvalue weighted by Gasteiger charge is 2.35. The van der Waals surface area contributed by atoms with E-state index >= 15 is 0 Å². The van der Waals surface area contributed by atoms with Crippen LogP contribution in [-0.4, -0.2) is 17.7 Å². The van der Waals surface area contributed by atoms with Gasteiger partial charge in [0, 0.05) is 12.6 Å². The van der Waals surface area contributed by atoms with Crippen molar-refractivity contribution in [3.8, 4) is 0 Å². The smallest absolute Gasteiger partial charge is 0.166 e. The van der Waals surface area contributed by atoms with E-state index in [0.29, 0.717) is 12.0 Å². The van der Waals surface area contributed by atoms with Gasteiger partial charge in [0.25, 0.3) is 0 Å². The number of nitrogens with one attached hydrogen (secondary N) is 2. The lowest BCUT2D eigenvalue weighted by molar-refractivity contribution is 0.520. The van der Waals surface area contributed by atoms with Crippen LogP contribution in [0.2, 0.25) is 0 Å². The lowest BCUT2D eigenvalue weighted by Gasteiger charge is -2.21. The van der Waals surface area contributed by atoms with Gasteiger partial charge in [0.15, 0.2) is 5.11 Å². The van der Waals surface area contributed by atoms with Crippen LogP contribution in [0.3, 0.4) is 0 Å². The molecule has 19 heavy (non-hydrogen) atoms. The van der Waals surface area contributed by atoms with Gasteiger partial charge in [-0.25, -0.2) is 0 Å². The molecule has 100 valence electrons. The molecular weight excluding hydrogens is 252 g/mol. The number of fused-ring (bicyclic) bond motifs is 2. The average Bonchev–Trinajstić information content (AvgIpc) is 3.02. The molecule has 2 aliphatic rings. The normalized spacial score (nSPS) is 27.5. The summed E-state index contributed by atoms with van der Waals surface area (Å²) in [6.07, 6.45) is 8.26. The summed E-state index contributed by atoms with van der Waals surface area (Å²) in [5, 5.41) is 7.59. The number of benzene rings is 1. The first-order valence-corrected chi connectivity index (χ1v) is 7.49. The van der Waals surface area contributed by atoms with Crippen LogP contribution >= 0.6 is 12.2 Å². The number of hydrogen-bond donors (Lipinski definition) is 2.